The molecule has 4 aromatic rings. The molecule has 4 rings (SSSR count). The lowest BCUT2D eigenvalue weighted by atomic mass is 10.1. The van der Waals surface area contributed by atoms with Crippen LogP contribution in [0.25, 0.3) is 16.8 Å². The van der Waals surface area contributed by atoms with Gasteiger partial charge in [-0.2, -0.15) is 5.26 Å². The van der Waals surface area contributed by atoms with Crippen LogP contribution in [0.3, 0.4) is 0 Å². The number of ether oxygens (including phenoxy) is 2. The van der Waals surface area contributed by atoms with Crippen molar-refractivity contribution < 1.29 is 14.3 Å². The number of hydrogen-bond acceptors (Lipinski definition) is 4. The number of nitriles is 1. The second-order valence-corrected chi connectivity index (χ2v) is 8.38. The van der Waals surface area contributed by atoms with Gasteiger partial charge in [-0.15, -0.1) is 0 Å². The molecule has 34 heavy (non-hydrogen) atoms. The summed E-state index contributed by atoms with van der Waals surface area (Å²) in [5, 5.41) is 14.6. The van der Waals surface area contributed by atoms with Crippen molar-refractivity contribution in [3.8, 4) is 17.6 Å². The van der Waals surface area contributed by atoms with E-state index in [9.17, 15) is 10.1 Å². The molecule has 0 aliphatic carbocycles. The SMILES string of the molecule is COc1ccc(/C=C(\C#N)C(=O)Nc2ccc(Br)cc2)cc1OCc1cccc2ccccc12. The zero-order chi connectivity index (χ0) is 23.9. The largest absolute Gasteiger partial charge is 0.493 e. The standard InChI is InChI=1S/C28H21BrN2O3/c1-33-26-14-9-19(15-22(17-30)28(32)31-24-12-10-23(29)11-13-24)16-27(26)34-18-21-7-4-6-20-5-2-3-8-25(20)21/h2-16H,18H2,1H3,(H,31,32)/b22-15+. The van der Waals surface area contributed by atoms with Gasteiger partial charge in [0.25, 0.3) is 5.91 Å². The Morgan fingerprint density at radius 1 is 1.00 bits per heavy atom. The van der Waals surface area contributed by atoms with Gasteiger partial charge in [0, 0.05) is 10.2 Å². The van der Waals surface area contributed by atoms with Crippen LogP contribution >= 0.6 is 15.9 Å². The molecule has 0 saturated heterocycles. The fraction of sp³-hybridized carbons (Fsp3) is 0.0714. The summed E-state index contributed by atoms with van der Waals surface area (Å²) in [6.07, 6.45) is 1.53. The second kappa shape index (κ2) is 10.7. The molecule has 0 fully saturated rings. The van der Waals surface area contributed by atoms with Crippen LogP contribution in [0.5, 0.6) is 11.5 Å². The van der Waals surface area contributed by atoms with Crippen molar-refractivity contribution in [3.05, 3.63) is 106 Å². The minimum absolute atomic E-state index is 0.0203. The summed E-state index contributed by atoms with van der Waals surface area (Å²) in [4.78, 5) is 12.6. The molecular weight excluding hydrogens is 492 g/mol. The maximum Gasteiger partial charge on any atom is 0.266 e. The molecule has 4 aromatic carbocycles. The van der Waals surface area contributed by atoms with Crippen molar-refractivity contribution >= 4 is 44.4 Å². The van der Waals surface area contributed by atoms with E-state index in [1.807, 2.05) is 42.5 Å². The van der Waals surface area contributed by atoms with E-state index in [0.29, 0.717) is 29.4 Å². The smallest absolute Gasteiger partial charge is 0.266 e. The number of rotatable bonds is 7. The Labute approximate surface area is 206 Å². The lowest BCUT2D eigenvalue weighted by Gasteiger charge is -2.13. The van der Waals surface area contributed by atoms with E-state index in [1.165, 1.54) is 6.08 Å². The summed E-state index contributed by atoms with van der Waals surface area (Å²) in [6, 6.07) is 28.6. The number of benzene rings is 4. The van der Waals surface area contributed by atoms with Gasteiger partial charge in [0.1, 0.15) is 18.2 Å². The van der Waals surface area contributed by atoms with E-state index in [0.717, 1.165) is 20.8 Å². The Bertz CT molecular complexity index is 1400. The van der Waals surface area contributed by atoms with Crippen molar-refractivity contribution in [3.63, 3.8) is 0 Å². The number of nitrogens with zero attached hydrogens (tertiary/aromatic N) is 1. The lowest BCUT2D eigenvalue weighted by Crippen LogP contribution is -2.13. The number of carbonyl (C=O) groups excluding carboxylic acids is 1. The average Bonchev–Trinajstić information content (AvgIpc) is 2.87. The average molecular weight is 513 g/mol. The zero-order valence-electron chi connectivity index (χ0n) is 18.4. The van der Waals surface area contributed by atoms with E-state index in [-0.39, 0.29) is 5.57 Å². The van der Waals surface area contributed by atoms with Gasteiger partial charge in [0.05, 0.1) is 7.11 Å². The molecule has 0 radical (unpaired) electrons. The topological polar surface area (TPSA) is 71.3 Å². The molecule has 0 bridgehead atoms. The number of methoxy groups -OCH3 is 1. The molecule has 0 unspecified atom stereocenters. The molecule has 0 saturated carbocycles. The van der Waals surface area contributed by atoms with Crippen LogP contribution in [0, 0.1) is 11.3 Å². The molecule has 1 N–H and O–H groups in total. The Hall–Kier alpha value is -4.08. The number of nitrogens with one attached hydrogen (secondary N) is 1. The third-order valence-electron chi connectivity index (χ3n) is 5.23. The van der Waals surface area contributed by atoms with E-state index in [2.05, 4.69) is 39.4 Å². The summed E-state index contributed by atoms with van der Waals surface area (Å²) < 4.78 is 12.5. The molecule has 6 heteroatoms. The van der Waals surface area contributed by atoms with Crippen LogP contribution in [0.1, 0.15) is 11.1 Å². The first-order valence-corrected chi connectivity index (χ1v) is 11.3. The summed E-state index contributed by atoms with van der Waals surface area (Å²) in [7, 11) is 1.57. The minimum atomic E-state index is -0.487. The minimum Gasteiger partial charge on any atom is -0.493 e. The third-order valence-corrected chi connectivity index (χ3v) is 5.76. The maximum atomic E-state index is 12.6. The molecular formula is C28H21BrN2O3. The van der Waals surface area contributed by atoms with Crippen LogP contribution in [0.4, 0.5) is 5.69 Å². The fourth-order valence-electron chi connectivity index (χ4n) is 3.52. The first-order valence-electron chi connectivity index (χ1n) is 10.5. The van der Waals surface area contributed by atoms with Crippen molar-refractivity contribution in [2.24, 2.45) is 0 Å². The highest BCUT2D eigenvalue weighted by molar-refractivity contribution is 9.10. The van der Waals surface area contributed by atoms with Crippen molar-refractivity contribution in [1.82, 2.24) is 0 Å². The molecule has 0 spiro atoms. The summed E-state index contributed by atoms with van der Waals surface area (Å²) in [6.45, 7) is 0.347. The monoisotopic (exact) mass is 512 g/mol. The van der Waals surface area contributed by atoms with E-state index in [4.69, 9.17) is 9.47 Å². The van der Waals surface area contributed by atoms with Crippen LogP contribution in [0.15, 0.2) is 95.0 Å². The normalized spacial score (nSPS) is 11.0. The number of hydrogen-bond donors (Lipinski definition) is 1. The Balaban J connectivity index is 1.56. The van der Waals surface area contributed by atoms with Crippen LogP contribution < -0.4 is 14.8 Å². The lowest BCUT2D eigenvalue weighted by molar-refractivity contribution is -0.112. The Morgan fingerprint density at radius 3 is 2.53 bits per heavy atom. The number of fused-ring (bicyclic) bond motifs is 1. The summed E-state index contributed by atoms with van der Waals surface area (Å²) >= 11 is 3.36. The van der Waals surface area contributed by atoms with E-state index >= 15 is 0 Å². The summed E-state index contributed by atoms with van der Waals surface area (Å²) in [5.41, 5.74) is 2.28. The van der Waals surface area contributed by atoms with Gasteiger partial charge in [-0.3, -0.25) is 4.79 Å². The molecule has 0 aliphatic heterocycles. The first kappa shape index (κ1) is 23.1. The molecule has 1 amide bonds. The molecule has 0 aliphatic rings. The number of amides is 1. The number of halogens is 1. The van der Waals surface area contributed by atoms with Crippen LogP contribution in [-0.4, -0.2) is 13.0 Å². The van der Waals surface area contributed by atoms with Gasteiger partial charge in [-0.1, -0.05) is 64.5 Å². The molecule has 168 valence electrons. The predicted octanol–water partition coefficient (Wildman–Crippen LogP) is 6.74. The highest BCUT2D eigenvalue weighted by atomic mass is 79.9. The second-order valence-electron chi connectivity index (χ2n) is 7.47. The third kappa shape index (κ3) is 5.45. The zero-order valence-corrected chi connectivity index (χ0v) is 20.0. The molecule has 0 aromatic heterocycles. The Kier molecular flexibility index (Phi) is 7.26. The Morgan fingerprint density at radius 2 is 1.76 bits per heavy atom. The molecule has 5 nitrogen and oxygen atoms in total. The van der Waals surface area contributed by atoms with Crippen LogP contribution in [-0.2, 0) is 11.4 Å². The van der Waals surface area contributed by atoms with Gasteiger partial charge in [-0.25, -0.2) is 0 Å². The van der Waals surface area contributed by atoms with Gasteiger partial charge in [-0.05, 0) is 64.4 Å². The van der Waals surface area contributed by atoms with E-state index < -0.39 is 5.91 Å². The van der Waals surface area contributed by atoms with Crippen molar-refractivity contribution in [2.75, 3.05) is 12.4 Å². The molecule has 0 atom stereocenters. The highest BCUT2D eigenvalue weighted by Gasteiger charge is 2.12. The van der Waals surface area contributed by atoms with Crippen molar-refractivity contribution in [2.45, 2.75) is 6.61 Å². The van der Waals surface area contributed by atoms with Gasteiger partial charge in [0.2, 0.25) is 0 Å². The van der Waals surface area contributed by atoms with Gasteiger partial charge < -0.3 is 14.8 Å². The first-order chi connectivity index (χ1) is 16.6. The predicted molar refractivity (Wildman–Crippen MR) is 138 cm³/mol. The van der Waals surface area contributed by atoms with Crippen LogP contribution in [0.2, 0.25) is 0 Å². The van der Waals surface area contributed by atoms with E-state index in [1.54, 1.807) is 37.4 Å². The van der Waals surface area contributed by atoms with Gasteiger partial charge >= 0.3 is 0 Å². The quantitative estimate of drug-likeness (QED) is 0.220. The van der Waals surface area contributed by atoms with Gasteiger partial charge in [0.15, 0.2) is 11.5 Å². The fourth-order valence-corrected chi connectivity index (χ4v) is 3.78. The number of anilines is 1. The summed E-state index contributed by atoms with van der Waals surface area (Å²) in [5.74, 6) is 0.601. The van der Waals surface area contributed by atoms with Crippen molar-refractivity contribution in [1.29, 1.82) is 5.26 Å². The highest BCUT2D eigenvalue weighted by Crippen LogP contribution is 2.31. The number of carbonyl (C=O) groups is 1. The molecule has 0 heterocycles. The maximum absolute atomic E-state index is 12.6.